The number of carbonyl (C=O) groups is 1. The average Bonchev–Trinajstić information content (AvgIpc) is 2.37. The monoisotopic (exact) mass is 248 g/mol. The number of primary amides is 1. The number of carbonyl (C=O) groups excluding carboxylic acids is 1. The number of nitrogens with zero attached hydrogens (tertiary/aromatic N) is 2. The summed E-state index contributed by atoms with van der Waals surface area (Å²) in [7, 11) is 0. The third-order valence-corrected chi connectivity index (χ3v) is 3.25. The Morgan fingerprint density at radius 3 is 3.06 bits per heavy atom. The van der Waals surface area contributed by atoms with E-state index in [4.69, 9.17) is 5.73 Å². The SMILES string of the molecule is Cc1nc(CCC(N)=O)cc([C@@H]2CCCNC2)n1. The van der Waals surface area contributed by atoms with Crippen molar-refractivity contribution in [3.05, 3.63) is 23.3 Å². The van der Waals surface area contributed by atoms with Crippen LogP contribution in [0, 0.1) is 6.92 Å². The molecule has 1 amide bonds. The number of hydrogen-bond donors (Lipinski definition) is 2. The molecule has 0 aromatic carbocycles. The summed E-state index contributed by atoms with van der Waals surface area (Å²) in [5.74, 6) is 0.956. The molecule has 1 aromatic heterocycles. The van der Waals surface area contributed by atoms with Crippen molar-refractivity contribution in [1.82, 2.24) is 15.3 Å². The van der Waals surface area contributed by atoms with Gasteiger partial charge in [-0.15, -0.1) is 0 Å². The Bertz CT molecular complexity index is 427. The molecule has 1 aliphatic rings. The molecule has 0 bridgehead atoms. The smallest absolute Gasteiger partial charge is 0.217 e. The van der Waals surface area contributed by atoms with Crippen LogP contribution in [0.4, 0.5) is 0 Å². The zero-order valence-corrected chi connectivity index (χ0v) is 10.8. The van der Waals surface area contributed by atoms with Gasteiger partial charge in [-0.05, 0) is 38.8 Å². The number of amides is 1. The van der Waals surface area contributed by atoms with Gasteiger partial charge in [0.05, 0.1) is 0 Å². The number of nitrogens with one attached hydrogen (secondary N) is 1. The van der Waals surface area contributed by atoms with Crippen molar-refractivity contribution < 1.29 is 4.79 Å². The minimum Gasteiger partial charge on any atom is -0.370 e. The van der Waals surface area contributed by atoms with Crippen molar-refractivity contribution in [2.45, 2.75) is 38.5 Å². The van der Waals surface area contributed by atoms with Gasteiger partial charge in [0.15, 0.2) is 0 Å². The topological polar surface area (TPSA) is 80.9 Å². The Labute approximate surface area is 107 Å². The Kier molecular flexibility index (Phi) is 4.25. The first-order valence-electron chi connectivity index (χ1n) is 6.48. The molecule has 0 radical (unpaired) electrons. The van der Waals surface area contributed by atoms with Gasteiger partial charge < -0.3 is 11.1 Å². The molecule has 0 saturated carbocycles. The van der Waals surface area contributed by atoms with E-state index in [1.165, 1.54) is 12.8 Å². The van der Waals surface area contributed by atoms with E-state index in [-0.39, 0.29) is 5.91 Å². The molecule has 1 fully saturated rings. The number of piperidine rings is 1. The van der Waals surface area contributed by atoms with Crippen molar-refractivity contribution in [3.63, 3.8) is 0 Å². The summed E-state index contributed by atoms with van der Waals surface area (Å²) in [5.41, 5.74) is 7.18. The molecule has 2 heterocycles. The predicted octanol–water partition coefficient (Wildman–Crippen LogP) is 0.670. The second-order valence-corrected chi connectivity index (χ2v) is 4.84. The second kappa shape index (κ2) is 5.91. The molecular weight excluding hydrogens is 228 g/mol. The van der Waals surface area contributed by atoms with E-state index in [1.807, 2.05) is 13.0 Å². The lowest BCUT2D eigenvalue weighted by molar-refractivity contribution is -0.118. The molecule has 0 aliphatic carbocycles. The van der Waals surface area contributed by atoms with Gasteiger partial charge in [0.1, 0.15) is 5.82 Å². The zero-order chi connectivity index (χ0) is 13.0. The lowest BCUT2D eigenvalue weighted by atomic mass is 9.95. The average molecular weight is 248 g/mol. The van der Waals surface area contributed by atoms with Crippen LogP contribution in [0.25, 0.3) is 0 Å². The van der Waals surface area contributed by atoms with E-state index in [1.54, 1.807) is 0 Å². The second-order valence-electron chi connectivity index (χ2n) is 4.84. The van der Waals surface area contributed by atoms with Crippen LogP contribution >= 0.6 is 0 Å². The van der Waals surface area contributed by atoms with Crippen molar-refractivity contribution >= 4 is 5.91 Å². The van der Waals surface area contributed by atoms with E-state index >= 15 is 0 Å². The van der Waals surface area contributed by atoms with Crippen LogP contribution in [0.15, 0.2) is 6.07 Å². The first-order valence-corrected chi connectivity index (χ1v) is 6.48. The van der Waals surface area contributed by atoms with Gasteiger partial charge in [-0.1, -0.05) is 0 Å². The summed E-state index contributed by atoms with van der Waals surface area (Å²) >= 11 is 0. The summed E-state index contributed by atoms with van der Waals surface area (Å²) in [6.07, 6.45) is 3.30. The van der Waals surface area contributed by atoms with Crippen molar-refractivity contribution in [1.29, 1.82) is 0 Å². The largest absolute Gasteiger partial charge is 0.370 e. The molecule has 0 spiro atoms. The highest BCUT2D eigenvalue weighted by molar-refractivity contribution is 5.73. The molecular formula is C13H20N4O. The lowest BCUT2D eigenvalue weighted by Crippen LogP contribution is -2.29. The molecule has 3 N–H and O–H groups in total. The lowest BCUT2D eigenvalue weighted by Gasteiger charge is -2.22. The maximum absolute atomic E-state index is 10.8. The summed E-state index contributed by atoms with van der Waals surface area (Å²) in [4.78, 5) is 19.7. The van der Waals surface area contributed by atoms with Gasteiger partial charge >= 0.3 is 0 Å². The summed E-state index contributed by atoms with van der Waals surface area (Å²) in [6, 6.07) is 2.02. The minimum atomic E-state index is -0.285. The molecule has 1 aromatic rings. The Morgan fingerprint density at radius 2 is 2.39 bits per heavy atom. The van der Waals surface area contributed by atoms with E-state index in [0.29, 0.717) is 18.8 Å². The summed E-state index contributed by atoms with van der Waals surface area (Å²) in [6.45, 7) is 3.97. The predicted molar refractivity (Wildman–Crippen MR) is 69.1 cm³/mol. The van der Waals surface area contributed by atoms with E-state index < -0.39 is 0 Å². The van der Waals surface area contributed by atoms with Gasteiger partial charge in [0.2, 0.25) is 5.91 Å². The van der Waals surface area contributed by atoms with Gasteiger partial charge in [-0.3, -0.25) is 4.79 Å². The van der Waals surface area contributed by atoms with Gasteiger partial charge in [0.25, 0.3) is 0 Å². The van der Waals surface area contributed by atoms with Crippen molar-refractivity contribution in [3.8, 4) is 0 Å². The van der Waals surface area contributed by atoms with Gasteiger partial charge in [-0.2, -0.15) is 0 Å². The Morgan fingerprint density at radius 1 is 1.56 bits per heavy atom. The van der Waals surface area contributed by atoms with Crippen molar-refractivity contribution in [2.24, 2.45) is 5.73 Å². The highest BCUT2D eigenvalue weighted by Crippen LogP contribution is 2.22. The van der Waals surface area contributed by atoms with Crippen LogP contribution in [0.5, 0.6) is 0 Å². The molecule has 1 atom stereocenters. The fraction of sp³-hybridized carbons (Fsp3) is 0.615. The Hall–Kier alpha value is -1.49. The Balaban J connectivity index is 2.12. The molecule has 1 saturated heterocycles. The molecule has 2 rings (SSSR count). The number of hydrogen-bond acceptors (Lipinski definition) is 4. The van der Waals surface area contributed by atoms with Gasteiger partial charge in [0, 0.05) is 30.3 Å². The molecule has 5 heteroatoms. The molecule has 98 valence electrons. The van der Waals surface area contributed by atoms with Crippen LogP contribution in [-0.2, 0) is 11.2 Å². The molecule has 5 nitrogen and oxygen atoms in total. The third-order valence-electron chi connectivity index (χ3n) is 3.25. The molecule has 1 aliphatic heterocycles. The molecule has 18 heavy (non-hydrogen) atoms. The van der Waals surface area contributed by atoms with Crippen LogP contribution < -0.4 is 11.1 Å². The number of rotatable bonds is 4. The maximum atomic E-state index is 10.8. The van der Waals surface area contributed by atoms with Crippen molar-refractivity contribution in [2.75, 3.05) is 13.1 Å². The highest BCUT2D eigenvalue weighted by atomic mass is 16.1. The zero-order valence-electron chi connectivity index (χ0n) is 10.8. The first kappa shape index (κ1) is 13.0. The minimum absolute atomic E-state index is 0.285. The normalized spacial score (nSPS) is 19.7. The van der Waals surface area contributed by atoms with E-state index in [9.17, 15) is 4.79 Å². The third kappa shape index (κ3) is 3.50. The fourth-order valence-electron chi connectivity index (χ4n) is 2.35. The number of aromatic nitrogens is 2. The van der Waals surface area contributed by atoms with Gasteiger partial charge in [-0.25, -0.2) is 9.97 Å². The number of aryl methyl sites for hydroxylation is 2. The standard InChI is InChI=1S/C13H20N4O/c1-9-16-11(4-5-13(14)18)7-12(17-9)10-3-2-6-15-8-10/h7,10,15H,2-6,8H2,1H3,(H2,14,18)/t10-/m1/s1. The van der Waals surface area contributed by atoms with Crippen LogP contribution in [0.2, 0.25) is 0 Å². The summed E-state index contributed by atoms with van der Waals surface area (Å²) < 4.78 is 0. The van der Waals surface area contributed by atoms with Crippen LogP contribution in [0.3, 0.4) is 0 Å². The van der Waals surface area contributed by atoms with E-state index in [2.05, 4.69) is 15.3 Å². The number of nitrogens with two attached hydrogens (primary N) is 1. The summed E-state index contributed by atoms with van der Waals surface area (Å²) in [5, 5.41) is 3.39. The van der Waals surface area contributed by atoms with Crippen LogP contribution in [-0.4, -0.2) is 29.0 Å². The van der Waals surface area contributed by atoms with E-state index in [0.717, 1.165) is 30.3 Å². The first-order chi connectivity index (χ1) is 8.65. The van der Waals surface area contributed by atoms with Crippen LogP contribution in [0.1, 0.15) is 42.4 Å². The highest BCUT2D eigenvalue weighted by Gasteiger charge is 2.17. The maximum Gasteiger partial charge on any atom is 0.217 e. The fourth-order valence-corrected chi connectivity index (χ4v) is 2.35. The molecule has 0 unspecified atom stereocenters. The quantitative estimate of drug-likeness (QED) is 0.820.